The van der Waals surface area contributed by atoms with Crippen LogP contribution in [-0.2, 0) is 0 Å². The van der Waals surface area contributed by atoms with E-state index in [0.29, 0.717) is 0 Å². The molecule has 0 amide bonds. The third kappa shape index (κ3) is 5.83. The van der Waals surface area contributed by atoms with E-state index in [1.165, 1.54) is 69.8 Å². The molecule has 1 unspecified atom stereocenters. The van der Waals surface area contributed by atoms with Gasteiger partial charge in [-0.3, -0.25) is 0 Å². The quantitative estimate of drug-likeness (QED) is 0.495. The molecule has 1 nitrogen and oxygen atoms in total. The second-order valence-corrected chi connectivity index (χ2v) is 9.51. The minimum atomic E-state index is -0.280. The van der Waals surface area contributed by atoms with Crippen molar-refractivity contribution in [3.05, 3.63) is 35.4 Å². The lowest BCUT2D eigenvalue weighted by molar-refractivity contribution is 0.156. The summed E-state index contributed by atoms with van der Waals surface area (Å²) in [6.45, 7) is 4.52. The number of hydrogen-bond acceptors (Lipinski definition) is 1. The van der Waals surface area contributed by atoms with Gasteiger partial charge in [-0.15, -0.1) is 0 Å². The molecule has 0 aliphatic heterocycles. The zero-order chi connectivity index (χ0) is 19.1. The van der Waals surface area contributed by atoms with Crippen LogP contribution in [0.5, 0.6) is 0 Å². The van der Waals surface area contributed by atoms with Gasteiger partial charge in [-0.05, 0) is 79.7 Å². The molecule has 2 aliphatic carbocycles. The first-order valence-electron chi connectivity index (χ1n) is 12.0. The summed E-state index contributed by atoms with van der Waals surface area (Å²) in [6.07, 6.45) is 17.3. The van der Waals surface area contributed by atoms with Crippen molar-refractivity contribution >= 4 is 0 Å². The average Bonchev–Trinajstić information content (AvgIpc) is 2.73. The third-order valence-electron chi connectivity index (χ3n) is 7.65. The maximum absolute atomic E-state index is 10.3. The normalized spacial score (nSPS) is 30.2. The number of aliphatic hydroxyl groups is 1. The van der Waals surface area contributed by atoms with Crippen molar-refractivity contribution in [3.8, 4) is 0 Å². The van der Waals surface area contributed by atoms with Gasteiger partial charge < -0.3 is 5.11 Å². The van der Waals surface area contributed by atoms with E-state index in [4.69, 9.17) is 0 Å². The summed E-state index contributed by atoms with van der Waals surface area (Å²) in [5, 5.41) is 10.3. The lowest BCUT2D eigenvalue weighted by Gasteiger charge is -2.38. The molecule has 0 heterocycles. The molecule has 0 spiro atoms. The van der Waals surface area contributed by atoms with E-state index in [2.05, 4.69) is 38.1 Å². The topological polar surface area (TPSA) is 20.2 Å². The maximum Gasteiger partial charge on any atom is 0.0790 e. The Balaban J connectivity index is 1.45. The average molecular weight is 371 g/mol. The van der Waals surface area contributed by atoms with Crippen LogP contribution in [0.4, 0.5) is 0 Å². The summed E-state index contributed by atoms with van der Waals surface area (Å²) >= 11 is 0. The molecule has 1 aromatic carbocycles. The van der Waals surface area contributed by atoms with Crippen LogP contribution < -0.4 is 0 Å². The second-order valence-electron chi connectivity index (χ2n) is 9.51. The fourth-order valence-electron chi connectivity index (χ4n) is 5.83. The molecule has 1 aromatic rings. The molecule has 152 valence electrons. The van der Waals surface area contributed by atoms with Crippen LogP contribution >= 0.6 is 0 Å². The zero-order valence-electron chi connectivity index (χ0n) is 17.8. The molecule has 0 aromatic heterocycles. The highest BCUT2D eigenvalue weighted by atomic mass is 16.3. The molecule has 27 heavy (non-hydrogen) atoms. The van der Waals surface area contributed by atoms with E-state index in [9.17, 15) is 5.11 Å². The van der Waals surface area contributed by atoms with Crippen LogP contribution in [0.3, 0.4) is 0 Å². The lowest BCUT2D eigenvalue weighted by atomic mass is 9.68. The van der Waals surface area contributed by atoms with Crippen LogP contribution in [0.25, 0.3) is 0 Å². The van der Waals surface area contributed by atoms with Crippen molar-refractivity contribution in [1.82, 2.24) is 0 Å². The number of aliphatic hydroxyl groups excluding tert-OH is 1. The molecule has 1 N–H and O–H groups in total. The first kappa shape index (κ1) is 20.9. The molecule has 3 rings (SSSR count). The highest BCUT2D eigenvalue weighted by Gasteiger charge is 2.31. The SMILES string of the molecule is CCCCC(O)c1ccc(C2CCC(C3CCC(CCC)CC3)CC2)cc1. The van der Waals surface area contributed by atoms with E-state index < -0.39 is 0 Å². The Labute approximate surface area is 168 Å². The van der Waals surface area contributed by atoms with Crippen LogP contribution in [0, 0.1) is 17.8 Å². The largest absolute Gasteiger partial charge is 0.388 e. The minimum Gasteiger partial charge on any atom is -0.388 e. The Morgan fingerprint density at radius 2 is 1.41 bits per heavy atom. The first-order valence-corrected chi connectivity index (χ1v) is 12.0. The van der Waals surface area contributed by atoms with Gasteiger partial charge in [0.15, 0.2) is 0 Å². The predicted molar refractivity (Wildman–Crippen MR) is 116 cm³/mol. The fraction of sp³-hybridized carbons (Fsp3) is 0.769. The van der Waals surface area contributed by atoms with Gasteiger partial charge in [0.1, 0.15) is 0 Å². The predicted octanol–water partition coefficient (Wildman–Crippen LogP) is 7.79. The monoisotopic (exact) mass is 370 g/mol. The summed E-state index contributed by atoms with van der Waals surface area (Å²) < 4.78 is 0. The van der Waals surface area contributed by atoms with Crippen LogP contribution in [-0.4, -0.2) is 5.11 Å². The summed E-state index contributed by atoms with van der Waals surface area (Å²) in [5.41, 5.74) is 2.61. The molecule has 0 radical (unpaired) electrons. The first-order chi connectivity index (χ1) is 13.2. The lowest BCUT2D eigenvalue weighted by Crippen LogP contribution is -2.25. The van der Waals surface area contributed by atoms with Crippen LogP contribution in [0.2, 0.25) is 0 Å². The molecule has 0 saturated heterocycles. The molecular weight excluding hydrogens is 328 g/mol. The Morgan fingerprint density at radius 1 is 0.815 bits per heavy atom. The number of unbranched alkanes of at least 4 members (excludes halogenated alkanes) is 1. The third-order valence-corrected chi connectivity index (χ3v) is 7.65. The second kappa shape index (κ2) is 10.6. The molecule has 2 saturated carbocycles. The van der Waals surface area contributed by atoms with E-state index in [-0.39, 0.29) is 6.10 Å². The van der Waals surface area contributed by atoms with Gasteiger partial charge in [0.2, 0.25) is 0 Å². The zero-order valence-corrected chi connectivity index (χ0v) is 17.8. The summed E-state index contributed by atoms with van der Waals surface area (Å²) in [4.78, 5) is 0. The van der Waals surface area contributed by atoms with Crippen molar-refractivity contribution in [1.29, 1.82) is 0 Å². The number of benzene rings is 1. The highest BCUT2D eigenvalue weighted by molar-refractivity contribution is 5.27. The van der Waals surface area contributed by atoms with Gasteiger partial charge in [0.05, 0.1) is 6.10 Å². The van der Waals surface area contributed by atoms with E-state index in [1.54, 1.807) is 0 Å². The van der Waals surface area contributed by atoms with Gasteiger partial charge >= 0.3 is 0 Å². The Bertz CT molecular complexity index is 518. The highest BCUT2D eigenvalue weighted by Crippen LogP contribution is 2.44. The van der Waals surface area contributed by atoms with Crippen molar-refractivity contribution in [3.63, 3.8) is 0 Å². The Hall–Kier alpha value is -0.820. The van der Waals surface area contributed by atoms with E-state index >= 15 is 0 Å². The van der Waals surface area contributed by atoms with Crippen molar-refractivity contribution in [2.75, 3.05) is 0 Å². The Morgan fingerprint density at radius 3 is 1.96 bits per heavy atom. The van der Waals surface area contributed by atoms with Gasteiger partial charge in [-0.25, -0.2) is 0 Å². The molecule has 0 bridgehead atoms. The van der Waals surface area contributed by atoms with Crippen LogP contribution in [0.15, 0.2) is 24.3 Å². The van der Waals surface area contributed by atoms with E-state index in [0.717, 1.165) is 48.5 Å². The Kier molecular flexibility index (Phi) is 8.24. The summed E-state index contributed by atoms with van der Waals surface area (Å²) in [6, 6.07) is 8.95. The standard InChI is InChI=1S/C26H42O/c1-3-5-7-26(27)25-18-16-24(17-19-25)23-14-12-22(13-15-23)21-10-8-20(6-4-2)9-11-21/h16-23,26-27H,3-15H2,1-2H3. The molecule has 1 heteroatoms. The van der Waals surface area contributed by atoms with Gasteiger partial charge in [-0.1, -0.05) is 76.6 Å². The smallest absolute Gasteiger partial charge is 0.0790 e. The number of rotatable bonds is 8. The van der Waals surface area contributed by atoms with E-state index in [1.807, 2.05) is 0 Å². The van der Waals surface area contributed by atoms with Crippen molar-refractivity contribution < 1.29 is 5.11 Å². The number of hydrogen-bond donors (Lipinski definition) is 1. The summed E-state index contributed by atoms with van der Waals surface area (Å²) in [7, 11) is 0. The van der Waals surface area contributed by atoms with Crippen LogP contribution in [0.1, 0.15) is 120 Å². The minimum absolute atomic E-state index is 0.280. The molecule has 2 fully saturated rings. The molecule has 2 aliphatic rings. The summed E-state index contributed by atoms with van der Waals surface area (Å²) in [5.74, 6) is 3.81. The molecular formula is C26H42O. The van der Waals surface area contributed by atoms with Crippen molar-refractivity contribution in [2.45, 2.75) is 109 Å². The maximum atomic E-state index is 10.3. The molecule has 1 atom stereocenters. The van der Waals surface area contributed by atoms with Gasteiger partial charge in [-0.2, -0.15) is 0 Å². The van der Waals surface area contributed by atoms with Gasteiger partial charge in [0, 0.05) is 0 Å². The van der Waals surface area contributed by atoms with Crippen molar-refractivity contribution in [2.24, 2.45) is 17.8 Å². The van der Waals surface area contributed by atoms with Gasteiger partial charge in [0.25, 0.3) is 0 Å². The fourth-order valence-corrected chi connectivity index (χ4v) is 5.83.